The van der Waals surface area contributed by atoms with Crippen LogP contribution in [-0.2, 0) is 9.53 Å². The highest BCUT2D eigenvalue weighted by atomic mass is 16.5. The number of ether oxygens (including phenoxy) is 1. The van der Waals surface area contributed by atoms with E-state index in [1.54, 1.807) is 25.1 Å². The summed E-state index contributed by atoms with van der Waals surface area (Å²) in [5, 5.41) is 9.32. The van der Waals surface area contributed by atoms with Gasteiger partial charge < -0.3 is 20.7 Å². The molecule has 0 fully saturated rings. The number of benzene rings is 2. The fourth-order valence-corrected chi connectivity index (χ4v) is 3.19. The summed E-state index contributed by atoms with van der Waals surface area (Å²) in [5.41, 5.74) is 4.78. The molecule has 0 saturated carbocycles. The number of esters is 1. The molecule has 0 aromatic heterocycles. The second kappa shape index (κ2) is 9.73. The van der Waals surface area contributed by atoms with Gasteiger partial charge in [0.1, 0.15) is 0 Å². The molecule has 0 aliphatic carbocycles. The maximum Gasteiger partial charge on any atom is 0.330 e. The Balaban J connectivity index is 1.72. The zero-order valence-corrected chi connectivity index (χ0v) is 17.4. The Bertz CT molecular complexity index is 988. The molecule has 0 bridgehead atoms. The van der Waals surface area contributed by atoms with Gasteiger partial charge in [-0.1, -0.05) is 6.07 Å². The molecule has 7 nitrogen and oxygen atoms in total. The Labute approximate surface area is 176 Å². The van der Waals surface area contributed by atoms with Crippen molar-refractivity contribution in [3.8, 4) is 0 Å². The highest BCUT2D eigenvalue weighted by Crippen LogP contribution is 2.24. The fraction of sp³-hybridized carbons (Fsp3) is 0.261. The van der Waals surface area contributed by atoms with Gasteiger partial charge in [0, 0.05) is 29.6 Å². The summed E-state index contributed by atoms with van der Waals surface area (Å²) in [7, 11) is 0. The lowest BCUT2D eigenvalue weighted by Crippen LogP contribution is -2.26. The Morgan fingerprint density at radius 3 is 2.63 bits per heavy atom. The average Bonchev–Trinajstić information content (AvgIpc) is 3.22. The number of carbonyl (C=O) groups excluding carboxylic acids is 2. The fourth-order valence-electron chi connectivity index (χ4n) is 3.19. The van der Waals surface area contributed by atoms with Crippen molar-refractivity contribution in [1.29, 1.82) is 0 Å². The van der Waals surface area contributed by atoms with Crippen molar-refractivity contribution in [2.45, 2.75) is 20.8 Å². The molecule has 0 spiro atoms. The van der Waals surface area contributed by atoms with Crippen LogP contribution in [0.25, 0.3) is 6.08 Å². The maximum absolute atomic E-state index is 12.8. The number of hydrogen-bond acceptors (Lipinski definition) is 6. The molecule has 0 atom stereocenters. The van der Waals surface area contributed by atoms with E-state index in [0.717, 1.165) is 41.2 Å². The lowest BCUT2D eigenvalue weighted by Gasteiger charge is -2.14. The molecule has 0 saturated heterocycles. The number of aryl methyl sites for hydroxylation is 2. The first kappa shape index (κ1) is 21.1. The Hall–Kier alpha value is -3.61. The molecule has 1 heterocycles. The highest BCUT2D eigenvalue weighted by Gasteiger charge is 2.12. The minimum atomic E-state index is -0.377. The molecule has 2 aromatic carbocycles. The third kappa shape index (κ3) is 5.47. The molecular weight excluding hydrogens is 380 g/mol. The monoisotopic (exact) mass is 406 g/mol. The summed E-state index contributed by atoms with van der Waals surface area (Å²) in [4.78, 5) is 28.6. The Morgan fingerprint density at radius 1 is 1.20 bits per heavy atom. The van der Waals surface area contributed by atoms with Gasteiger partial charge >= 0.3 is 5.97 Å². The third-order valence-corrected chi connectivity index (χ3v) is 4.55. The first-order valence-corrected chi connectivity index (χ1v) is 9.89. The van der Waals surface area contributed by atoms with E-state index in [2.05, 4.69) is 20.9 Å². The number of guanidine groups is 1. The number of anilines is 2. The van der Waals surface area contributed by atoms with Gasteiger partial charge in [0.2, 0.25) is 0 Å². The normalized spacial score (nSPS) is 13.0. The molecule has 1 aliphatic rings. The van der Waals surface area contributed by atoms with Gasteiger partial charge in [-0.2, -0.15) is 0 Å². The van der Waals surface area contributed by atoms with E-state index in [0.29, 0.717) is 18.1 Å². The van der Waals surface area contributed by atoms with Gasteiger partial charge in [-0.15, -0.1) is 0 Å². The van der Waals surface area contributed by atoms with E-state index in [1.165, 1.54) is 6.08 Å². The number of aliphatic imine (C=N–C) groups is 1. The van der Waals surface area contributed by atoms with Crippen molar-refractivity contribution in [1.82, 2.24) is 5.32 Å². The highest BCUT2D eigenvalue weighted by molar-refractivity contribution is 6.06. The minimum Gasteiger partial charge on any atom is -0.463 e. The van der Waals surface area contributed by atoms with E-state index in [1.807, 2.05) is 38.1 Å². The second-order valence-corrected chi connectivity index (χ2v) is 6.93. The van der Waals surface area contributed by atoms with Crippen molar-refractivity contribution in [2.24, 2.45) is 4.99 Å². The van der Waals surface area contributed by atoms with Crippen molar-refractivity contribution in [3.05, 3.63) is 64.7 Å². The van der Waals surface area contributed by atoms with E-state index in [-0.39, 0.29) is 11.9 Å². The van der Waals surface area contributed by atoms with E-state index >= 15 is 0 Å². The van der Waals surface area contributed by atoms with Crippen LogP contribution < -0.4 is 16.0 Å². The summed E-state index contributed by atoms with van der Waals surface area (Å²) in [6.45, 7) is 7.51. The number of rotatable bonds is 6. The topological polar surface area (TPSA) is 91.8 Å². The maximum atomic E-state index is 12.8. The van der Waals surface area contributed by atoms with Crippen LogP contribution in [0.4, 0.5) is 11.4 Å². The van der Waals surface area contributed by atoms with Crippen LogP contribution in [0.1, 0.15) is 34.0 Å². The van der Waals surface area contributed by atoms with Gasteiger partial charge in [-0.25, -0.2) is 4.79 Å². The van der Waals surface area contributed by atoms with Crippen molar-refractivity contribution < 1.29 is 14.3 Å². The number of carbonyl (C=O) groups is 2. The smallest absolute Gasteiger partial charge is 0.330 e. The lowest BCUT2D eigenvalue weighted by atomic mass is 10.0. The summed E-state index contributed by atoms with van der Waals surface area (Å²) in [6, 6.07) is 11.1. The van der Waals surface area contributed by atoms with Gasteiger partial charge in [-0.3, -0.25) is 9.79 Å². The average molecular weight is 406 g/mol. The quantitative estimate of drug-likeness (QED) is 0.504. The Kier molecular flexibility index (Phi) is 6.85. The van der Waals surface area contributed by atoms with Gasteiger partial charge in [0.15, 0.2) is 5.96 Å². The van der Waals surface area contributed by atoms with E-state index < -0.39 is 0 Å². The summed E-state index contributed by atoms with van der Waals surface area (Å²) in [5.74, 6) is 0.143. The predicted molar refractivity (Wildman–Crippen MR) is 120 cm³/mol. The first-order valence-electron chi connectivity index (χ1n) is 9.89. The predicted octanol–water partition coefficient (Wildman–Crippen LogP) is 3.50. The number of hydrogen-bond donors (Lipinski definition) is 3. The lowest BCUT2D eigenvalue weighted by molar-refractivity contribution is -0.137. The van der Waals surface area contributed by atoms with Gasteiger partial charge in [-0.05, 0) is 73.9 Å². The van der Waals surface area contributed by atoms with Gasteiger partial charge in [0.25, 0.3) is 5.91 Å². The summed E-state index contributed by atoms with van der Waals surface area (Å²) < 4.78 is 4.90. The molecule has 7 heteroatoms. The van der Waals surface area contributed by atoms with Crippen molar-refractivity contribution in [3.63, 3.8) is 0 Å². The SMILES string of the molecule is CCOC(=O)/C=C/c1cc(C)c(NC(=O)c2cccc(NC3=NCCN3)c2)c(C)c1. The molecule has 1 aliphatic heterocycles. The molecule has 2 aromatic rings. The molecule has 3 N–H and O–H groups in total. The zero-order valence-electron chi connectivity index (χ0n) is 17.4. The van der Waals surface area contributed by atoms with Crippen LogP contribution in [0.2, 0.25) is 0 Å². The van der Waals surface area contributed by atoms with Crippen LogP contribution in [-0.4, -0.2) is 37.5 Å². The van der Waals surface area contributed by atoms with Crippen LogP contribution in [0.15, 0.2) is 47.5 Å². The van der Waals surface area contributed by atoms with Gasteiger partial charge in [0.05, 0.1) is 13.2 Å². The molecule has 0 unspecified atom stereocenters. The first-order chi connectivity index (χ1) is 14.5. The molecular formula is C23H26N4O3. The standard InChI is InChI=1S/C23H26N4O3/c1-4-30-20(28)9-8-17-12-15(2)21(16(3)13-17)27-22(29)18-6-5-7-19(14-18)26-23-24-10-11-25-23/h5-9,12-14H,4,10-11H2,1-3H3,(H,27,29)(H2,24,25,26)/b9-8+. The van der Waals surface area contributed by atoms with E-state index in [4.69, 9.17) is 4.74 Å². The van der Waals surface area contributed by atoms with Crippen molar-refractivity contribution >= 4 is 35.3 Å². The number of amides is 1. The number of nitrogens with one attached hydrogen (secondary N) is 3. The van der Waals surface area contributed by atoms with Crippen LogP contribution in [0.3, 0.4) is 0 Å². The molecule has 0 radical (unpaired) electrons. The largest absolute Gasteiger partial charge is 0.463 e. The number of nitrogens with zero attached hydrogens (tertiary/aromatic N) is 1. The van der Waals surface area contributed by atoms with Crippen LogP contribution in [0.5, 0.6) is 0 Å². The zero-order chi connectivity index (χ0) is 21.5. The molecule has 1 amide bonds. The van der Waals surface area contributed by atoms with Crippen LogP contribution in [0, 0.1) is 13.8 Å². The van der Waals surface area contributed by atoms with Crippen LogP contribution >= 0.6 is 0 Å². The second-order valence-electron chi connectivity index (χ2n) is 6.93. The van der Waals surface area contributed by atoms with E-state index in [9.17, 15) is 9.59 Å². The molecule has 3 rings (SSSR count). The Morgan fingerprint density at radius 2 is 1.97 bits per heavy atom. The third-order valence-electron chi connectivity index (χ3n) is 4.55. The van der Waals surface area contributed by atoms with Crippen molar-refractivity contribution in [2.75, 3.05) is 30.3 Å². The minimum absolute atomic E-state index is 0.194. The summed E-state index contributed by atoms with van der Waals surface area (Å²) in [6.07, 6.45) is 3.11. The molecule has 30 heavy (non-hydrogen) atoms. The summed E-state index contributed by atoms with van der Waals surface area (Å²) >= 11 is 0. The molecule has 156 valence electrons.